The number of carbonyl (C=O) groups is 3. The number of piperidine rings is 1. The minimum Gasteiger partial charge on any atom is -0.492 e. The monoisotopic (exact) mass is 746 g/mol. The number of likely N-dealkylation sites (tertiary alicyclic amines) is 1. The van der Waals surface area contributed by atoms with Gasteiger partial charge in [0, 0.05) is 38.3 Å². The molecule has 3 heterocycles. The molecule has 0 spiro atoms. The maximum atomic E-state index is 13.6. The van der Waals surface area contributed by atoms with Crippen molar-refractivity contribution in [2.75, 3.05) is 59.1 Å². The molecule has 10 nitrogen and oxygen atoms in total. The van der Waals surface area contributed by atoms with Crippen LogP contribution >= 0.6 is 24.0 Å². The van der Waals surface area contributed by atoms with Crippen molar-refractivity contribution < 1.29 is 55.3 Å². The van der Waals surface area contributed by atoms with Crippen molar-refractivity contribution in [3.05, 3.63) is 58.0 Å². The third kappa shape index (κ3) is 9.34. The van der Waals surface area contributed by atoms with E-state index in [-0.39, 0.29) is 69.9 Å². The fourth-order valence-corrected chi connectivity index (χ4v) is 6.79. The Morgan fingerprint density at radius 3 is 2.22 bits per heavy atom. The zero-order chi connectivity index (χ0) is 36.2. The number of carboxylic acids is 1. The summed E-state index contributed by atoms with van der Waals surface area (Å²) in [4.78, 5) is 41.0. The van der Waals surface area contributed by atoms with Crippen molar-refractivity contribution in [1.29, 1.82) is 0 Å². The molecule has 3 aliphatic rings. The Kier molecular flexibility index (Phi) is 11.8. The number of alkyl halides is 6. The van der Waals surface area contributed by atoms with Gasteiger partial charge in [-0.3, -0.25) is 19.3 Å². The van der Waals surface area contributed by atoms with Crippen LogP contribution in [0.4, 0.5) is 26.3 Å². The van der Waals surface area contributed by atoms with Crippen LogP contribution in [0.3, 0.4) is 0 Å². The molecule has 270 valence electrons. The van der Waals surface area contributed by atoms with E-state index in [1.54, 1.807) is 0 Å². The van der Waals surface area contributed by atoms with Crippen molar-refractivity contribution in [3.63, 3.8) is 0 Å². The highest BCUT2D eigenvalue weighted by molar-refractivity contribution is 8.26. The minimum atomic E-state index is -5.04. The maximum absolute atomic E-state index is 13.6. The van der Waals surface area contributed by atoms with Crippen molar-refractivity contribution in [1.82, 2.24) is 20.2 Å². The number of ether oxygens (including phenoxy) is 2. The fraction of sp³-hybridized carbons (Fsp3) is 0.438. The van der Waals surface area contributed by atoms with E-state index >= 15 is 0 Å². The zero-order valence-electron chi connectivity index (χ0n) is 26.3. The number of nitrogens with one attached hydrogen (secondary N) is 1. The molecule has 2 aromatic rings. The summed E-state index contributed by atoms with van der Waals surface area (Å²) >= 11 is 6.23. The zero-order valence-corrected chi connectivity index (χ0v) is 27.9. The number of amides is 2. The highest BCUT2D eigenvalue weighted by Crippen LogP contribution is 2.40. The molecule has 3 fully saturated rings. The second kappa shape index (κ2) is 15.7. The van der Waals surface area contributed by atoms with Crippen LogP contribution in [0.2, 0.25) is 0 Å². The van der Waals surface area contributed by atoms with Crippen LogP contribution in [0.25, 0.3) is 17.2 Å². The van der Waals surface area contributed by atoms with Crippen LogP contribution in [-0.2, 0) is 31.5 Å². The molecule has 0 saturated carbocycles. The van der Waals surface area contributed by atoms with Crippen LogP contribution in [0.15, 0.2) is 41.3 Å². The normalized spacial score (nSPS) is 19.0. The highest BCUT2D eigenvalue weighted by Gasteiger charge is 2.37. The summed E-state index contributed by atoms with van der Waals surface area (Å²) in [5.41, 5.74) is -0.366. The molecule has 0 aromatic heterocycles. The molecule has 2 N–H and O–H groups in total. The minimum absolute atomic E-state index is 0.0132. The number of thiocarbonyl (C=S) groups is 1. The number of nitrogens with zero attached hydrogens (tertiary/aromatic N) is 3. The average molecular weight is 747 g/mol. The van der Waals surface area contributed by atoms with Gasteiger partial charge in [-0.25, -0.2) is 10.4 Å². The predicted octanol–water partition coefficient (Wildman–Crippen LogP) is 5.13. The lowest BCUT2D eigenvalue weighted by Gasteiger charge is -2.30. The molecule has 0 aliphatic carbocycles. The predicted molar refractivity (Wildman–Crippen MR) is 175 cm³/mol. The van der Waals surface area contributed by atoms with Gasteiger partial charge in [0.25, 0.3) is 5.91 Å². The Bertz CT molecular complexity index is 1620. The lowest BCUT2D eigenvalue weighted by atomic mass is 9.97. The van der Waals surface area contributed by atoms with E-state index in [0.717, 1.165) is 16.8 Å². The van der Waals surface area contributed by atoms with Crippen LogP contribution in [0.5, 0.6) is 5.75 Å². The molecule has 18 heteroatoms. The first-order valence-corrected chi connectivity index (χ1v) is 16.7. The molecule has 2 aromatic carbocycles. The molecule has 2 amide bonds. The summed E-state index contributed by atoms with van der Waals surface area (Å²) in [6, 6.07) is 5.39. The second-order valence-corrected chi connectivity index (χ2v) is 13.4. The summed E-state index contributed by atoms with van der Waals surface area (Å²) in [6.07, 6.45) is -8.10. The van der Waals surface area contributed by atoms with Gasteiger partial charge in [-0.1, -0.05) is 30.0 Å². The lowest BCUT2D eigenvalue weighted by Crippen LogP contribution is -2.49. The highest BCUT2D eigenvalue weighted by atomic mass is 32.2. The van der Waals surface area contributed by atoms with E-state index in [0.29, 0.717) is 57.8 Å². The maximum Gasteiger partial charge on any atom is 0.416 e. The summed E-state index contributed by atoms with van der Waals surface area (Å²) < 4.78 is 93.1. The van der Waals surface area contributed by atoms with Gasteiger partial charge in [-0.15, -0.1) is 0 Å². The summed E-state index contributed by atoms with van der Waals surface area (Å²) in [7, 11) is 0. The number of hydrogen-bond acceptors (Lipinski definition) is 9. The van der Waals surface area contributed by atoms with Crippen LogP contribution < -0.4 is 10.2 Å². The van der Waals surface area contributed by atoms with Crippen LogP contribution in [0, 0.1) is 5.92 Å². The Labute approximate surface area is 292 Å². The number of benzene rings is 2. The van der Waals surface area contributed by atoms with Gasteiger partial charge in [0.15, 0.2) is 4.32 Å². The molecule has 50 heavy (non-hydrogen) atoms. The number of hydrogen-bond donors (Lipinski definition) is 2. The Hall–Kier alpha value is -3.71. The molecular weight excluding hydrogens is 714 g/mol. The number of carbonyl (C=O) groups excluding carboxylic acids is 2. The van der Waals surface area contributed by atoms with Crippen molar-refractivity contribution in [2.24, 2.45) is 5.92 Å². The molecule has 5 rings (SSSR count). The van der Waals surface area contributed by atoms with Gasteiger partial charge >= 0.3 is 18.3 Å². The Morgan fingerprint density at radius 2 is 1.62 bits per heavy atom. The molecule has 3 saturated heterocycles. The molecule has 3 aliphatic heterocycles. The van der Waals surface area contributed by atoms with Gasteiger partial charge in [0.2, 0.25) is 5.91 Å². The number of rotatable bonds is 10. The first-order chi connectivity index (χ1) is 23.6. The summed E-state index contributed by atoms with van der Waals surface area (Å²) in [5.74, 6) is -2.23. The van der Waals surface area contributed by atoms with E-state index < -0.39 is 41.3 Å². The third-order valence-corrected chi connectivity index (χ3v) is 9.67. The smallest absolute Gasteiger partial charge is 0.416 e. The third-order valence-electron chi connectivity index (χ3n) is 8.37. The van der Waals surface area contributed by atoms with E-state index in [1.165, 1.54) is 29.2 Å². The standard InChI is InChI=1S/C32H32F6N4O6S2/c33-31(34,35)23-14-21(15-24(17-23)32(36,37)38)20-1-2-25(48-12-9-40-7-10-47-11-8-40)22(13-20)16-26-28(44)42(30(49)50-26)39-18-27(43)41-5-3-19(4-6-41)29(45)46/h1-2,13-17,19,39H,3-12,18H2,(H,45,46). The van der Waals surface area contributed by atoms with E-state index in [1.807, 2.05) is 0 Å². The van der Waals surface area contributed by atoms with Crippen molar-refractivity contribution in [2.45, 2.75) is 25.2 Å². The van der Waals surface area contributed by atoms with Gasteiger partial charge in [0.1, 0.15) is 12.4 Å². The number of morpholine rings is 1. The summed E-state index contributed by atoms with van der Waals surface area (Å²) in [5, 5.41) is 10.2. The largest absolute Gasteiger partial charge is 0.492 e. The Balaban J connectivity index is 1.39. The van der Waals surface area contributed by atoms with Crippen LogP contribution in [0.1, 0.15) is 29.5 Å². The molecule has 0 radical (unpaired) electrons. The number of aliphatic carboxylic acids is 1. The molecular formula is C32H32F6N4O6S2. The van der Waals surface area contributed by atoms with Gasteiger partial charge in [-0.2, -0.15) is 26.3 Å². The van der Waals surface area contributed by atoms with Crippen molar-refractivity contribution >= 4 is 52.2 Å². The molecule has 0 atom stereocenters. The average Bonchev–Trinajstić information content (AvgIpc) is 3.34. The quantitative estimate of drug-likeness (QED) is 0.193. The number of halogens is 6. The van der Waals surface area contributed by atoms with Gasteiger partial charge < -0.3 is 19.5 Å². The first-order valence-electron chi connectivity index (χ1n) is 15.5. The number of thioether (sulfide) groups is 1. The van der Waals surface area contributed by atoms with Crippen molar-refractivity contribution in [3.8, 4) is 16.9 Å². The van der Waals surface area contributed by atoms with E-state index in [4.69, 9.17) is 21.7 Å². The van der Waals surface area contributed by atoms with Gasteiger partial charge in [-0.05, 0) is 60.4 Å². The summed E-state index contributed by atoms with van der Waals surface area (Å²) in [6.45, 7) is 3.38. The number of hydrazine groups is 1. The Morgan fingerprint density at radius 1 is 0.980 bits per heavy atom. The van der Waals surface area contributed by atoms with Crippen LogP contribution in [-0.4, -0.2) is 101 Å². The lowest BCUT2D eigenvalue weighted by molar-refractivity contribution is -0.145. The second-order valence-electron chi connectivity index (χ2n) is 11.7. The van der Waals surface area contributed by atoms with Gasteiger partial charge in [0.05, 0.1) is 41.7 Å². The fourth-order valence-electron chi connectivity index (χ4n) is 5.58. The molecule has 0 bridgehead atoms. The van der Waals surface area contributed by atoms with E-state index in [2.05, 4.69) is 10.3 Å². The van der Waals surface area contributed by atoms with E-state index in [9.17, 15) is 45.8 Å². The SMILES string of the molecule is O=C(O)C1CCN(C(=O)CNN2C(=O)C(=Cc3cc(-c4cc(C(F)(F)F)cc(C(F)(F)F)c4)ccc3OCCN3CCOCC3)SC2=S)CC1. The number of carboxylic acid groups (broad SMARTS) is 1. The topological polar surface area (TPSA) is 112 Å². The first kappa shape index (κ1) is 37.5. The molecule has 0 unspecified atom stereocenters.